The molecule has 29 heavy (non-hydrogen) atoms. The number of rotatable bonds is 4. The van der Waals surface area contributed by atoms with Crippen molar-refractivity contribution in [3.8, 4) is 5.75 Å². The summed E-state index contributed by atoms with van der Waals surface area (Å²) in [4.78, 5) is 31.5. The standard InChI is InChI=1S/C23H27N3O3/c1-16-4-5-17(2)20(14-16)24-10-12-25(13-11-24)21-15-22(27)26(23(21)28)18-6-8-19(29-3)9-7-18/h4-9,14,21H,10-13,15H2,1-3H3/t21-/m1/s1. The molecule has 0 aliphatic carbocycles. The molecule has 152 valence electrons. The van der Waals surface area contributed by atoms with Gasteiger partial charge in [-0.1, -0.05) is 12.1 Å². The highest BCUT2D eigenvalue weighted by molar-refractivity contribution is 6.22. The summed E-state index contributed by atoms with van der Waals surface area (Å²) in [7, 11) is 1.59. The highest BCUT2D eigenvalue weighted by Gasteiger charge is 2.43. The molecule has 6 nitrogen and oxygen atoms in total. The number of anilines is 2. The summed E-state index contributed by atoms with van der Waals surface area (Å²) in [5.41, 5.74) is 4.39. The minimum absolute atomic E-state index is 0.125. The van der Waals surface area contributed by atoms with Gasteiger partial charge >= 0.3 is 0 Å². The zero-order valence-corrected chi connectivity index (χ0v) is 17.2. The largest absolute Gasteiger partial charge is 0.497 e. The maximum atomic E-state index is 13.0. The first-order valence-electron chi connectivity index (χ1n) is 10.0. The maximum absolute atomic E-state index is 13.0. The van der Waals surface area contributed by atoms with E-state index in [0.29, 0.717) is 11.4 Å². The van der Waals surface area contributed by atoms with Gasteiger partial charge in [0.05, 0.1) is 25.3 Å². The number of ether oxygens (including phenoxy) is 1. The second-order valence-electron chi connectivity index (χ2n) is 7.80. The Kier molecular flexibility index (Phi) is 5.28. The van der Waals surface area contributed by atoms with Gasteiger partial charge in [-0.05, 0) is 55.3 Å². The number of carbonyl (C=O) groups is 2. The summed E-state index contributed by atoms with van der Waals surface area (Å²) >= 11 is 0. The Labute approximate surface area is 171 Å². The number of hydrogen-bond donors (Lipinski definition) is 0. The molecule has 2 amide bonds. The van der Waals surface area contributed by atoms with Crippen molar-refractivity contribution in [3.05, 3.63) is 53.6 Å². The van der Waals surface area contributed by atoms with Crippen LogP contribution in [-0.2, 0) is 9.59 Å². The van der Waals surface area contributed by atoms with Crippen LogP contribution in [0.1, 0.15) is 17.5 Å². The summed E-state index contributed by atoms with van der Waals surface area (Å²) in [6.45, 7) is 7.49. The molecule has 0 spiro atoms. The Balaban J connectivity index is 1.44. The molecule has 2 fully saturated rings. The second-order valence-corrected chi connectivity index (χ2v) is 7.80. The van der Waals surface area contributed by atoms with Crippen molar-refractivity contribution in [2.75, 3.05) is 43.1 Å². The normalized spacial score (nSPS) is 20.4. The molecule has 2 aliphatic rings. The van der Waals surface area contributed by atoms with Crippen LogP contribution in [0.5, 0.6) is 5.75 Å². The van der Waals surface area contributed by atoms with Gasteiger partial charge in [-0.3, -0.25) is 14.5 Å². The number of amides is 2. The summed E-state index contributed by atoms with van der Waals surface area (Å²) in [5.74, 6) is 0.439. The van der Waals surface area contributed by atoms with Crippen LogP contribution in [0.3, 0.4) is 0 Å². The van der Waals surface area contributed by atoms with E-state index in [0.717, 1.165) is 26.2 Å². The molecule has 0 unspecified atom stereocenters. The van der Waals surface area contributed by atoms with E-state index in [1.54, 1.807) is 31.4 Å². The van der Waals surface area contributed by atoms with Gasteiger partial charge in [0.15, 0.2) is 0 Å². The second kappa shape index (κ2) is 7.87. The summed E-state index contributed by atoms with van der Waals surface area (Å²) in [6.07, 6.45) is 0.244. The lowest BCUT2D eigenvalue weighted by atomic mass is 10.1. The van der Waals surface area contributed by atoms with Crippen molar-refractivity contribution in [1.29, 1.82) is 0 Å². The van der Waals surface area contributed by atoms with Gasteiger partial charge < -0.3 is 9.64 Å². The van der Waals surface area contributed by atoms with Gasteiger partial charge in [0, 0.05) is 31.9 Å². The lowest BCUT2D eigenvalue weighted by Crippen LogP contribution is -2.52. The first kappa shape index (κ1) is 19.5. The molecule has 2 aliphatic heterocycles. The van der Waals surface area contributed by atoms with Crippen molar-refractivity contribution >= 4 is 23.2 Å². The van der Waals surface area contributed by atoms with E-state index in [2.05, 4.69) is 41.8 Å². The van der Waals surface area contributed by atoms with Crippen molar-refractivity contribution in [2.45, 2.75) is 26.3 Å². The third kappa shape index (κ3) is 3.72. The monoisotopic (exact) mass is 393 g/mol. The van der Waals surface area contributed by atoms with Crippen LogP contribution in [0.2, 0.25) is 0 Å². The molecule has 2 aromatic carbocycles. The van der Waals surface area contributed by atoms with E-state index in [4.69, 9.17) is 4.74 Å². The Bertz CT molecular complexity index is 917. The average Bonchev–Trinajstić information content (AvgIpc) is 3.04. The van der Waals surface area contributed by atoms with Gasteiger partial charge in [-0.25, -0.2) is 4.90 Å². The van der Waals surface area contributed by atoms with E-state index in [1.165, 1.54) is 21.7 Å². The van der Waals surface area contributed by atoms with Gasteiger partial charge in [0.25, 0.3) is 5.91 Å². The Morgan fingerprint density at radius 1 is 0.931 bits per heavy atom. The van der Waals surface area contributed by atoms with E-state index >= 15 is 0 Å². The minimum Gasteiger partial charge on any atom is -0.497 e. The summed E-state index contributed by atoms with van der Waals surface area (Å²) in [6, 6.07) is 13.2. The quantitative estimate of drug-likeness (QED) is 0.748. The van der Waals surface area contributed by atoms with E-state index < -0.39 is 0 Å². The van der Waals surface area contributed by atoms with Crippen LogP contribution in [-0.4, -0.2) is 56.0 Å². The van der Waals surface area contributed by atoms with E-state index in [-0.39, 0.29) is 24.3 Å². The number of carbonyl (C=O) groups excluding carboxylic acids is 2. The van der Waals surface area contributed by atoms with Gasteiger partial charge in [0.1, 0.15) is 5.75 Å². The zero-order chi connectivity index (χ0) is 20.5. The summed E-state index contributed by atoms with van der Waals surface area (Å²) < 4.78 is 5.16. The van der Waals surface area contributed by atoms with Crippen LogP contribution in [0.15, 0.2) is 42.5 Å². The zero-order valence-electron chi connectivity index (χ0n) is 17.2. The molecular weight excluding hydrogens is 366 g/mol. The van der Waals surface area contributed by atoms with Crippen LogP contribution < -0.4 is 14.5 Å². The molecular formula is C23H27N3O3. The number of benzene rings is 2. The first-order valence-corrected chi connectivity index (χ1v) is 10.0. The Morgan fingerprint density at radius 2 is 1.62 bits per heavy atom. The molecule has 2 aromatic rings. The third-order valence-electron chi connectivity index (χ3n) is 5.91. The smallest absolute Gasteiger partial charge is 0.251 e. The van der Waals surface area contributed by atoms with Crippen molar-refractivity contribution in [2.24, 2.45) is 0 Å². The molecule has 4 rings (SSSR count). The SMILES string of the molecule is COc1ccc(N2C(=O)C[C@@H](N3CCN(c4cc(C)ccc4C)CC3)C2=O)cc1. The van der Waals surface area contributed by atoms with E-state index in [9.17, 15) is 9.59 Å². The Morgan fingerprint density at radius 3 is 2.28 bits per heavy atom. The molecule has 0 radical (unpaired) electrons. The topological polar surface area (TPSA) is 53.1 Å². The molecule has 1 atom stereocenters. The first-order chi connectivity index (χ1) is 14.0. The van der Waals surface area contributed by atoms with Gasteiger partial charge in [0.2, 0.25) is 5.91 Å². The molecule has 2 heterocycles. The van der Waals surface area contributed by atoms with Gasteiger partial charge in [-0.2, -0.15) is 0 Å². The van der Waals surface area contributed by atoms with Crippen molar-refractivity contribution in [3.63, 3.8) is 0 Å². The predicted molar refractivity (Wildman–Crippen MR) is 114 cm³/mol. The van der Waals surface area contributed by atoms with Crippen molar-refractivity contribution < 1.29 is 14.3 Å². The average molecular weight is 393 g/mol. The number of hydrogen-bond acceptors (Lipinski definition) is 5. The number of nitrogens with zero attached hydrogens (tertiary/aromatic N) is 3. The number of piperazine rings is 1. The highest BCUT2D eigenvalue weighted by Crippen LogP contribution is 2.29. The molecule has 0 N–H and O–H groups in total. The van der Waals surface area contributed by atoms with Crippen LogP contribution >= 0.6 is 0 Å². The summed E-state index contributed by atoms with van der Waals surface area (Å²) in [5, 5.41) is 0. The predicted octanol–water partition coefficient (Wildman–Crippen LogP) is 2.77. The molecule has 0 saturated carbocycles. The fourth-order valence-corrected chi connectivity index (χ4v) is 4.24. The lowest BCUT2D eigenvalue weighted by Gasteiger charge is -2.38. The third-order valence-corrected chi connectivity index (χ3v) is 5.91. The fourth-order valence-electron chi connectivity index (χ4n) is 4.24. The van der Waals surface area contributed by atoms with Crippen LogP contribution in [0, 0.1) is 13.8 Å². The molecule has 6 heteroatoms. The number of aryl methyl sites for hydroxylation is 2. The molecule has 2 saturated heterocycles. The minimum atomic E-state index is -0.370. The number of methoxy groups -OCH3 is 1. The fraction of sp³-hybridized carbons (Fsp3) is 0.391. The number of imide groups is 1. The van der Waals surface area contributed by atoms with Gasteiger partial charge in [-0.15, -0.1) is 0 Å². The Hall–Kier alpha value is -2.86. The van der Waals surface area contributed by atoms with Crippen LogP contribution in [0.25, 0.3) is 0 Å². The molecule has 0 aromatic heterocycles. The van der Waals surface area contributed by atoms with E-state index in [1.807, 2.05) is 0 Å². The van der Waals surface area contributed by atoms with Crippen molar-refractivity contribution in [1.82, 2.24) is 4.90 Å². The van der Waals surface area contributed by atoms with Crippen LogP contribution in [0.4, 0.5) is 11.4 Å². The lowest BCUT2D eigenvalue weighted by molar-refractivity contribution is -0.123. The maximum Gasteiger partial charge on any atom is 0.251 e. The highest BCUT2D eigenvalue weighted by atomic mass is 16.5. The molecule has 0 bridgehead atoms.